The number of benzene rings is 9. The van der Waals surface area contributed by atoms with E-state index in [1.54, 1.807) is 0 Å². The molecule has 262 valence electrons. The molecule has 0 atom stereocenters. The molecule has 2 heterocycles. The molecule has 0 saturated carbocycles. The normalized spacial score (nSPS) is 13.3. The van der Waals surface area contributed by atoms with Crippen LogP contribution in [-0.2, 0) is 5.41 Å². The second-order valence-corrected chi connectivity index (χ2v) is 15.9. The van der Waals surface area contributed by atoms with Crippen molar-refractivity contribution in [3.63, 3.8) is 0 Å². The number of fused-ring (bicyclic) bond motifs is 14. The maximum atomic E-state index is 6.70. The minimum Gasteiger partial charge on any atom is -0.457 e. The number of hydrogen-bond donors (Lipinski definition) is 0. The van der Waals surface area contributed by atoms with E-state index in [1.165, 1.54) is 64.3 Å². The first kappa shape index (κ1) is 31.4. The molecule has 0 N–H and O–H groups in total. The van der Waals surface area contributed by atoms with Gasteiger partial charge in [0.2, 0.25) is 0 Å². The molecular weight excluding hydrogens is 699 g/mol. The van der Waals surface area contributed by atoms with Crippen molar-refractivity contribution in [1.82, 2.24) is 0 Å². The fourth-order valence-electron chi connectivity index (χ4n) is 9.53. The quantitative estimate of drug-likeness (QED) is 0.179. The third-order valence-corrected chi connectivity index (χ3v) is 13.1. The van der Waals surface area contributed by atoms with Crippen LogP contribution in [0.2, 0.25) is 0 Å². The molecule has 12 rings (SSSR count). The number of para-hydroxylation sites is 2. The third kappa shape index (κ3) is 4.43. The van der Waals surface area contributed by atoms with E-state index in [0.29, 0.717) is 0 Å². The van der Waals surface area contributed by atoms with Crippen molar-refractivity contribution in [1.29, 1.82) is 0 Å². The maximum absolute atomic E-state index is 6.70. The van der Waals surface area contributed by atoms with Gasteiger partial charge in [-0.1, -0.05) is 140 Å². The van der Waals surface area contributed by atoms with E-state index in [-0.39, 0.29) is 0 Å². The molecule has 0 radical (unpaired) electrons. The van der Waals surface area contributed by atoms with E-state index in [2.05, 4.69) is 205 Å². The van der Waals surface area contributed by atoms with Crippen molar-refractivity contribution in [2.75, 3.05) is 4.90 Å². The summed E-state index contributed by atoms with van der Waals surface area (Å²) >= 11 is 1.85. The molecule has 1 aliphatic heterocycles. The van der Waals surface area contributed by atoms with E-state index < -0.39 is 5.41 Å². The Morgan fingerprint density at radius 2 is 1.00 bits per heavy atom. The first-order chi connectivity index (χ1) is 27.8. The number of thiophene rings is 1. The number of nitrogens with zero attached hydrogens (tertiary/aromatic N) is 1. The Morgan fingerprint density at radius 1 is 0.393 bits per heavy atom. The lowest BCUT2D eigenvalue weighted by Gasteiger charge is -2.39. The van der Waals surface area contributed by atoms with Crippen LogP contribution in [0.5, 0.6) is 11.5 Å². The molecule has 1 aromatic heterocycles. The zero-order valence-electron chi connectivity index (χ0n) is 30.3. The summed E-state index contributed by atoms with van der Waals surface area (Å²) in [4.78, 5) is 2.44. The van der Waals surface area contributed by atoms with Gasteiger partial charge in [-0.05, 0) is 105 Å². The number of hydrogen-bond acceptors (Lipinski definition) is 3. The van der Waals surface area contributed by atoms with E-state index in [0.717, 1.165) is 39.7 Å². The van der Waals surface area contributed by atoms with Gasteiger partial charge in [-0.25, -0.2) is 0 Å². The molecule has 2 aliphatic rings. The first-order valence-electron chi connectivity index (χ1n) is 19.2. The second-order valence-electron chi connectivity index (χ2n) is 14.8. The molecule has 56 heavy (non-hydrogen) atoms. The van der Waals surface area contributed by atoms with Crippen LogP contribution < -0.4 is 9.64 Å². The highest BCUT2D eigenvalue weighted by molar-refractivity contribution is 7.25. The molecule has 0 unspecified atom stereocenters. The first-order valence-corrected chi connectivity index (χ1v) is 20.0. The summed E-state index contributed by atoms with van der Waals surface area (Å²) in [7, 11) is 0. The van der Waals surface area contributed by atoms with Crippen molar-refractivity contribution < 1.29 is 4.74 Å². The molecule has 0 bridgehead atoms. The summed E-state index contributed by atoms with van der Waals surface area (Å²) < 4.78 is 9.30. The minimum atomic E-state index is -0.591. The smallest absolute Gasteiger partial charge is 0.132 e. The largest absolute Gasteiger partial charge is 0.457 e. The number of anilines is 3. The second kappa shape index (κ2) is 12.0. The molecule has 10 aromatic rings. The van der Waals surface area contributed by atoms with E-state index in [4.69, 9.17) is 4.74 Å². The van der Waals surface area contributed by atoms with E-state index in [9.17, 15) is 0 Å². The highest BCUT2D eigenvalue weighted by atomic mass is 32.1. The Labute approximate surface area is 329 Å². The van der Waals surface area contributed by atoms with Crippen LogP contribution in [0.1, 0.15) is 22.3 Å². The number of ether oxygens (including phenoxy) is 1. The Kier molecular flexibility index (Phi) is 6.75. The zero-order chi connectivity index (χ0) is 36.8. The summed E-state index contributed by atoms with van der Waals surface area (Å²) in [5.41, 5.74) is 12.6. The molecule has 1 aliphatic carbocycles. The van der Waals surface area contributed by atoms with Crippen LogP contribution in [-0.4, -0.2) is 0 Å². The highest BCUT2D eigenvalue weighted by Gasteiger charge is 2.51. The average molecular weight is 732 g/mol. The van der Waals surface area contributed by atoms with Crippen LogP contribution >= 0.6 is 11.3 Å². The van der Waals surface area contributed by atoms with Crippen LogP contribution in [0.25, 0.3) is 53.2 Å². The molecule has 0 fully saturated rings. The molecular formula is C53H33NOS. The molecule has 9 aromatic carbocycles. The van der Waals surface area contributed by atoms with Crippen LogP contribution in [0.15, 0.2) is 200 Å². The zero-order valence-corrected chi connectivity index (χ0v) is 31.1. The monoisotopic (exact) mass is 731 g/mol. The minimum absolute atomic E-state index is 0.591. The summed E-state index contributed by atoms with van der Waals surface area (Å²) in [6.07, 6.45) is 0. The van der Waals surface area contributed by atoms with Crippen molar-refractivity contribution >= 4 is 59.3 Å². The Hall–Kier alpha value is -6.94. The van der Waals surface area contributed by atoms with Gasteiger partial charge in [0.05, 0.1) is 5.41 Å². The summed E-state index contributed by atoms with van der Waals surface area (Å²) in [6, 6.07) is 73.2. The lowest BCUT2D eigenvalue weighted by atomic mass is 9.66. The predicted molar refractivity (Wildman–Crippen MR) is 234 cm³/mol. The molecule has 0 saturated heterocycles. The van der Waals surface area contributed by atoms with Gasteiger partial charge in [0, 0.05) is 48.4 Å². The average Bonchev–Trinajstić information content (AvgIpc) is 3.78. The highest BCUT2D eigenvalue weighted by Crippen LogP contribution is 2.63. The molecule has 1 spiro atoms. The Morgan fingerprint density at radius 3 is 1.80 bits per heavy atom. The standard InChI is InChI=1S/C53H33NOS/c1-2-12-34(13-3-1)35-22-25-37(26-23-35)54(38-28-31-51-43(32-38)41-16-6-11-21-50(41)56-51)39-27-29-42-47(33-39)53(46-30-24-36-14-4-5-15-40(36)52(42)46)44-17-7-9-19-48(44)55-49-20-10-8-18-45(49)53/h1-33H. The summed E-state index contributed by atoms with van der Waals surface area (Å²) in [5.74, 6) is 1.79. The van der Waals surface area contributed by atoms with Crippen molar-refractivity contribution in [2.45, 2.75) is 5.41 Å². The van der Waals surface area contributed by atoms with Crippen molar-refractivity contribution in [3.05, 3.63) is 222 Å². The maximum Gasteiger partial charge on any atom is 0.132 e. The topological polar surface area (TPSA) is 12.5 Å². The molecule has 0 amide bonds. The Balaban J connectivity index is 1.15. The molecule has 2 nitrogen and oxygen atoms in total. The third-order valence-electron chi connectivity index (χ3n) is 11.9. The van der Waals surface area contributed by atoms with Gasteiger partial charge in [0.1, 0.15) is 11.5 Å². The molecule has 3 heteroatoms. The number of rotatable bonds is 4. The summed E-state index contributed by atoms with van der Waals surface area (Å²) in [5, 5.41) is 5.07. The van der Waals surface area contributed by atoms with Gasteiger partial charge in [-0.2, -0.15) is 0 Å². The van der Waals surface area contributed by atoms with Gasteiger partial charge in [0.25, 0.3) is 0 Å². The van der Waals surface area contributed by atoms with E-state index >= 15 is 0 Å². The van der Waals surface area contributed by atoms with Crippen molar-refractivity contribution in [2.24, 2.45) is 0 Å². The lowest BCUT2D eigenvalue weighted by Crippen LogP contribution is -2.32. The van der Waals surface area contributed by atoms with Gasteiger partial charge < -0.3 is 9.64 Å². The fourth-order valence-corrected chi connectivity index (χ4v) is 10.6. The SMILES string of the molecule is c1ccc(-c2ccc(N(c3ccc4c(c3)C3(c5ccccc5Oc5ccccc53)c3ccc5ccccc5c3-4)c3ccc4sc5ccccc5c4c3)cc2)cc1. The van der Waals surface area contributed by atoms with Crippen LogP contribution in [0.3, 0.4) is 0 Å². The Bertz CT molecular complexity index is 3130. The fraction of sp³-hybridized carbons (Fsp3) is 0.0189. The predicted octanol–water partition coefficient (Wildman–Crippen LogP) is 14.8. The van der Waals surface area contributed by atoms with Gasteiger partial charge in [-0.15, -0.1) is 11.3 Å². The van der Waals surface area contributed by atoms with Gasteiger partial charge in [0.15, 0.2) is 0 Å². The van der Waals surface area contributed by atoms with Crippen LogP contribution in [0.4, 0.5) is 17.1 Å². The summed E-state index contributed by atoms with van der Waals surface area (Å²) in [6.45, 7) is 0. The van der Waals surface area contributed by atoms with Gasteiger partial charge >= 0.3 is 0 Å². The van der Waals surface area contributed by atoms with Gasteiger partial charge in [-0.3, -0.25) is 0 Å². The van der Waals surface area contributed by atoms with E-state index in [1.807, 2.05) is 11.3 Å². The van der Waals surface area contributed by atoms with Crippen molar-refractivity contribution in [3.8, 4) is 33.8 Å². The lowest BCUT2D eigenvalue weighted by molar-refractivity contribution is 0.436. The van der Waals surface area contributed by atoms with Crippen LogP contribution in [0, 0.1) is 0 Å².